The van der Waals surface area contributed by atoms with E-state index in [-0.39, 0.29) is 12.6 Å². The Balaban J connectivity index is 2.20. The van der Waals surface area contributed by atoms with E-state index in [0.29, 0.717) is 19.3 Å². The molecule has 0 aromatic heterocycles. The quantitative estimate of drug-likeness (QED) is 0.858. The topological polar surface area (TPSA) is 50.7 Å². The van der Waals surface area contributed by atoms with E-state index in [1.54, 1.807) is 0 Å². The highest BCUT2D eigenvalue weighted by molar-refractivity contribution is 5.44. The molecule has 0 radical (unpaired) electrons. The van der Waals surface area contributed by atoms with Crippen LogP contribution in [0.2, 0.25) is 0 Å². The van der Waals surface area contributed by atoms with Gasteiger partial charge in [0.2, 0.25) is 0 Å². The lowest BCUT2D eigenvalue weighted by atomic mass is 10.1. The number of rotatable bonds is 4. The number of ether oxygens (including phenoxy) is 2. The van der Waals surface area contributed by atoms with Crippen molar-refractivity contribution in [3.05, 3.63) is 23.8 Å². The molecule has 0 spiro atoms. The minimum atomic E-state index is -0.0675. The third-order valence-corrected chi connectivity index (χ3v) is 2.89. The van der Waals surface area contributed by atoms with Crippen LogP contribution >= 0.6 is 0 Å². The number of hydrogen-bond donors (Lipinski definition) is 2. The van der Waals surface area contributed by atoms with Crippen molar-refractivity contribution in [3.63, 3.8) is 0 Å². The van der Waals surface area contributed by atoms with E-state index in [9.17, 15) is 5.11 Å². The highest BCUT2D eigenvalue weighted by atomic mass is 16.5. The van der Waals surface area contributed by atoms with Gasteiger partial charge in [-0.2, -0.15) is 0 Å². The number of aliphatic hydroxyl groups excluding tert-OH is 1. The van der Waals surface area contributed by atoms with Gasteiger partial charge in [0.1, 0.15) is 0 Å². The van der Waals surface area contributed by atoms with E-state index in [4.69, 9.17) is 9.47 Å². The van der Waals surface area contributed by atoms with Crippen LogP contribution in [0.1, 0.15) is 31.9 Å². The first kappa shape index (κ1) is 13.2. The standard InChI is InChI=1S/C14H21NO3/c1-10(2)15-12(9-16)11-4-5-13-14(8-11)18-7-3-6-17-13/h4-5,8,10,12,15-16H,3,6-7,9H2,1-2H3. The van der Waals surface area contributed by atoms with Crippen LogP contribution in [0.3, 0.4) is 0 Å². The summed E-state index contributed by atoms with van der Waals surface area (Å²) >= 11 is 0. The highest BCUT2D eigenvalue weighted by Crippen LogP contribution is 2.32. The molecule has 2 N–H and O–H groups in total. The Morgan fingerprint density at radius 2 is 1.94 bits per heavy atom. The van der Waals surface area contributed by atoms with Crippen LogP contribution in [0.5, 0.6) is 11.5 Å². The molecular formula is C14H21NO3. The molecule has 0 aliphatic carbocycles. The van der Waals surface area contributed by atoms with Crippen molar-refractivity contribution in [2.24, 2.45) is 0 Å². The molecule has 4 nitrogen and oxygen atoms in total. The fraction of sp³-hybridized carbons (Fsp3) is 0.571. The van der Waals surface area contributed by atoms with Crippen molar-refractivity contribution < 1.29 is 14.6 Å². The lowest BCUT2D eigenvalue weighted by Crippen LogP contribution is -2.30. The van der Waals surface area contributed by atoms with E-state index in [1.807, 2.05) is 18.2 Å². The second-order valence-electron chi connectivity index (χ2n) is 4.81. The van der Waals surface area contributed by atoms with Gasteiger partial charge in [-0.1, -0.05) is 19.9 Å². The second-order valence-corrected chi connectivity index (χ2v) is 4.81. The molecule has 0 saturated heterocycles. The molecule has 100 valence electrons. The van der Waals surface area contributed by atoms with Gasteiger partial charge in [-0.25, -0.2) is 0 Å². The van der Waals surface area contributed by atoms with Crippen LogP contribution in [0.25, 0.3) is 0 Å². The lowest BCUT2D eigenvalue weighted by molar-refractivity contribution is 0.237. The summed E-state index contributed by atoms with van der Waals surface area (Å²) in [7, 11) is 0. The molecule has 4 heteroatoms. The smallest absolute Gasteiger partial charge is 0.161 e. The third-order valence-electron chi connectivity index (χ3n) is 2.89. The van der Waals surface area contributed by atoms with Crippen molar-refractivity contribution in [1.29, 1.82) is 0 Å². The summed E-state index contributed by atoms with van der Waals surface area (Å²) < 4.78 is 11.2. The molecule has 1 heterocycles. The molecular weight excluding hydrogens is 230 g/mol. The average Bonchev–Trinajstić information content (AvgIpc) is 2.59. The monoisotopic (exact) mass is 251 g/mol. The molecule has 1 aromatic carbocycles. The minimum Gasteiger partial charge on any atom is -0.490 e. The van der Waals surface area contributed by atoms with Gasteiger partial charge in [-0.15, -0.1) is 0 Å². The van der Waals surface area contributed by atoms with E-state index < -0.39 is 0 Å². The van der Waals surface area contributed by atoms with E-state index in [2.05, 4.69) is 19.2 Å². The van der Waals surface area contributed by atoms with Gasteiger partial charge in [-0.05, 0) is 17.7 Å². The van der Waals surface area contributed by atoms with Crippen molar-refractivity contribution in [2.45, 2.75) is 32.4 Å². The van der Waals surface area contributed by atoms with Crippen LogP contribution in [-0.4, -0.2) is 31.0 Å². The second kappa shape index (κ2) is 6.07. The highest BCUT2D eigenvalue weighted by Gasteiger charge is 2.16. The molecule has 18 heavy (non-hydrogen) atoms. The predicted molar refractivity (Wildman–Crippen MR) is 70.1 cm³/mol. The van der Waals surface area contributed by atoms with E-state index >= 15 is 0 Å². The SMILES string of the molecule is CC(C)NC(CO)c1ccc2c(c1)OCCCO2. The van der Waals surface area contributed by atoms with Gasteiger partial charge in [0.05, 0.1) is 25.9 Å². The summed E-state index contributed by atoms with van der Waals surface area (Å²) in [6, 6.07) is 6.10. The van der Waals surface area contributed by atoms with Crippen molar-refractivity contribution in [3.8, 4) is 11.5 Å². The van der Waals surface area contributed by atoms with Crippen molar-refractivity contribution >= 4 is 0 Å². The Labute approximate surface area is 108 Å². The predicted octanol–water partition coefficient (Wildman–Crippen LogP) is 1.88. The Bertz CT molecular complexity index is 393. The summed E-state index contributed by atoms with van der Waals surface area (Å²) in [6.07, 6.45) is 0.900. The zero-order chi connectivity index (χ0) is 13.0. The van der Waals surface area contributed by atoms with Gasteiger partial charge in [-0.3, -0.25) is 0 Å². The van der Waals surface area contributed by atoms with Gasteiger partial charge in [0.15, 0.2) is 11.5 Å². The molecule has 1 aliphatic rings. The zero-order valence-electron chi connectivity index (χ0n) is 11.0. The summed E-state index contributed by atoms with van der Waals surface area (Å²) in [5.41, 5.74) is 1.02. The number of nitrogens with one attached hydrogen (secondary N) is 1. The molecule has 0 amide bonds. The number of fused-ring (bicyclic) bond motifs is 1. The lowest BCUT2D eigenvalue weighted by Gasteiger charge is -2.20. The first-order valence-electron chi connectivity index (χ1n) is 6.47. The number of aliphatic hydroxyl groups is 1. The van der Waals surface area contributed by atoms with Crippen LogP contribution in [0, 0.1) is 0 Å². The third kappa shape index (κ3) is 3.15. The molecule has 1 aliphatic heterocycles. The molecule has 0 fully saturated rings. The van der Waals surface area contributed by atoms with Gasteiger partial charge in [0.25, 0.3) is 0 Å². The Morgan fingerprint density at radius 3 is 2.61 bits per heavy atom. The Hall–Kier alpha value is -1.26. The maximum atomic E-state index is 9.45. The van der Waals surface area contributed by atoms with Crippen LogP contribution < -0.4 is 14.8 Å². The number of hydrogen-bond acceptors (Lipinski definition) is 4. The average molecular weight is 251 g/mol. The Kier molecular flexibility index (Phi) is 4.44. The molecule has 1 atom stereocenters. The van der Waals surface area contributed by atoms with Crippen molar-refractivity contribution in [1.82, 2.24) is 5.32 Å². The molecule has 1 aromatic rings. The largest absolute Gasteiger partial charge is 0.490 e. The first-order valence-corrected chi connectivity index (χ1v) is 6.47. The van der Waals surface area contributed by atoms with Crippen LogP contribution in [0.15, 0.2) is 18.2 Å². The maximum Gasteiger partial charge on any atom is 0.161 e. The summed E-state index contributed by atoms with van der Waals surface area (Å²) in [6.45, 7) is 5.56. The molecule has 0 saturated carbocycles. The molecule has 0 bridgehead atoms. The van der Waals surface area contributed by atoms with E-state index in [1.165, 1.54) is 0 Å². The minimum absolute atomic E-state index is 0.0673. The van der Waals surface area contributed by atoms with Gasteiger partial charge in [0, 0.05) is 12.5 Å². The first-order chi connectivity index (χ1) is 8.70. The van der Waals surface area contributed by atoms with Crippen LogP contribution in [-0.2, 0) is 0 Å². The molecule has 1 unspecified atom stereocenters. The van der Waals surface area contributed by atoms with Crippen molar-refractivity contribution in [2.75, 3.05) is 19.8 Å². The summed E-state index contributed by atoms with van der Waals surface area (Å²) in [4.78, 5) is 0. The normalized spacial score (nSPS) is 16.4. The van der Waals surface area contributed by atoms with E-state index in [0.717, 1.165) is 23.5 Å². The fourth-order valence-electron chi connectivity index (χ4n) is 2.05. The van der Waals surface area contributed by atoms with Gasteiger partial charge >= 0.3 is 0 Å². The molecule has 2 rings (SSSR count). The zero-order valence-corrected chi connectivity index (χ0v) is 11.0. The van der Waals surface area contributed by atoms with Gasteiger partial charge < -0.3 is 19.9 Å². The van der Waals surface area contributed by atoms with Crippen LogP contribution in [0.4, 0.5) is 0 Å². The maximum absolute atomic E-state index is 9.45. The fourth-order valence-corrected chi connectivity index (χ4v) is 2.05. The number of benzene rings is 1. The summed E-state index contributed by atoms with van der Waals surface area (Å²) in [5.74, 6) is 1.56. The summed E-state index contributed by atoms with van der Waals surface area (Å²) in [5, 5.41) is 12.8. The Morgan fingerprint density at radius 1 is 1.22 bits per heavy atom.